The Morgan fingerprint density at radius 2 is 2.22 bits per heavy atom. The highest BCUT2D eigenvalue weighted by atomic mass is 16.5. The predicted octanol–water partition coefficient (Wildman–Crippen LogP) is 3.30. The Hall–Kier alpha value is -3.00. The van der Waals surface area contributed by atoms with Gasteiger partial charge in [0.25, 0.3) is 0 Å². The minimum atomic E-state index is -0.187. The number of carbonyl (C=O) groups excluding carboxylic acids is 1. The van der Waals surface area contributed by atoms with Crippen LogP contribution in [0.25, 0.3) is 11.3 Å². The van der Waals surface area contributed by atoms with Gasteiger partial charge in [-0.3, -0.25) is 4.79 Å². The first-order valence-electron chi connectivity index (χ1n) is 8.93. The number of unbranched alkanes of at least 4 members (excludes halogenated alkanes) is 2. The largest absolute Gasteiger partial charge is 0.481 e. The van der Waals surface area contributed by atoms with E-state index in [1.165, 1.54) is 6.26 Å². The van der Waals surface area contributed by atoms with Crippen molar-refractivity contribution in [1.82, 2.24) is 20.1 Å². The summed E-state index contributed by atoms with van der Waals surface area (Å²) in [5.41, 5.74) is 8.21. The number of carbonyl (C=O) groups is 1. The van der Waals surface area contributed by atoms with Crippen LogP contribution in [0.2, 0.25) is 0 Å². The van der Waals surface area contributed by atoms with E-state index in [1.54, 1.807) is 19.4 Å². The van der Waals surface area contributed by atoms with E-state index in [2.05, 4.69) is 24.6 Å². The van der Waals surface area contributed by atoms with Crippen LogP contribution in [0.3, 0.4) is 0 Å². The van der Waals surface area contributed by atoms with Crippen LogP contribution >= 0.6 is 0 Å². The SMILES string of the molecule is COc1ncccc1-c1c[nH]c(C(N)CCCCCC(=O)c2ccon2)n1. The van der Waals surface area contributed by atoms with Gasteiger partial charge in [-0.25, -0.2) is 9.97 Å². The molecule has 0 saturated heterocycles. The molecule has 0 spiro atoms. The van der Waals surface area contributed by atoms with E-state index in [4.69, 9.17) is 10.5 Å². The summed E-state index contributed by atoms with van der Waals surface area (Å²) in [4.78, 5) is 23.7. The maximum atomic E-state index is 11.8. The molecule has 3 aromatic heterocycles. The Morgan fingerprint density at radius 3 is 3.00 bits per heavy atom. The van der Waals surface area contributed by atoms with E-state index in [0.29, 0.717) is 18.0 Å². The van der Waals surface area contributed by atoms with Gasteiger partial charge in [0.2, 0.25) is 5.88 Å². The Labute approximate surface area is 157 Å². The predicted molar refractivity (Wildman–Crippen MR) is 99.2 cm³/mol. The topological polar surface area (TPSA) is 120 Å². The van der Waals surface area contributed by atoms with E-state index >= 15 is 0 Å². The maximum Gasteiger partial charge on any atom is 0.222 e. The number of ketones is 1. The first kappa shape index (κ1) is 18.8. The molecule has 3 aromatic rings. The second-order valence-electron chi connectivity index (χ2n) is 6.24. The number of nitrogens with two attached hydrogens (primary N) is 1. The van der Waals surface area contributed by atoms with Gasteiger partial charge in [-0.15, -0.1) is 0 Å². The van der Waals surface area contributed by atoms with E-state index in [1.807, 2.05) is 18.3 Å². The molecule has 3 rings (SSSR count). The molecule has 3 N–H and O–H groups in total. The Bertz CT molecular complexity index is 860. The lowest BCUT2D eigenvalue weighted by molar-refractivity contribution is 0.0970. The molecule has 0 aliphatic carbocycles. The molecule has 0 bridgehead atoms. The van der Waals surface area contributed by atoms with Gasteiger partial charge in [-0.2, -0.15) is 0 Å². The average molecular weight is 369 g/mol. The third-order valence-electron chi connectivity index (χ3n) is 4.33. The van der Waals surface area contributed by atoms with Gasteiger partial charge < -0.3 is 20.0 Å². The average Bonchev–Trinajstić information content (AvgIpc) is 3.39. The third kappa shape index (κ3) is 4.79. The first-order chi connectivity index (χ1) is 13.2. The van der Waals surface area contributed by atoms with Crippen LogP contribution in [0, 0.1) is 0 Å². The number of H-pyrrole nitrogens is 1. The summed E-state index contributed by atoms with van der Waals surface area (Å²) in [6, 6.07) is 5.15. The summed E-state index contributed by atoms with van der Waals surface area (Å²) in [6.07, 6.45) is 8.78. The smallest absolute Gasteiger partial charge is 0.222 e. The van der Waals surface area contributed by atoms with Crippen LogP contribution in [-0.2, 0) is 0 Å². The van der Waals surface area contributed by atoms with Crippen molar-refractivity contribution in [2.24, 2.45) is 5.73 Å². The van der Waals surface area contributed by atoms with Crippen LogP contribution in [0.15, 0.2) is 41.4 Å². The number of hydrogen-bond donors (Lipinski definition) is 2. The lowest BCUT2D eigenvalue weighted by Crippen LogP contribution is -2.12. The van der Waals surface area contributed by atoms with Gasteiger partial charge in [0.15, 0.2) is 5.78 Å². The van der Waals surface area contributed by atoms with Gasteiger partial charge in [-0.05, 0) is 25.0 Å². The molecule has 0 radical (unpaired) electrons. The standard InChI is InChI=1S/C19H23N5O3/c1-26-19-13(6-5-10-21-19)16-12-22-18(23-16)14(20)7-3-2-4-8-17(25)15-9-11-27-24-15/h5-6,9-12,14H,2-4,7-8,20H2,1H3,(H,22,23). The molecule has 1 unspecified atom stereocenters. The molecule has 8 nitrogen and oxygen atoms in total. The highest BCUT2D eigenvalue weighted by Gasteiger charge is 2.14. The van der Waals surface area contributed by atoms with E-state index in [-0.39, 0.29) is 11.8 Å². The molecule has 27 heavy (non-hydrogen) atoms. The Balaban J connectivity index is 1.45. The van der Waals surface area contributed by atoms with Crippen molar-refractivity contribution in [2.75, 3.05) is 7.11 Å². The Kier molecular flexibility index (Phi) is 6.32. The minimum absolute atomic E-state index is 0.00847. The molecule has 1 atom stereocenters. The summed E-state index contributed by atoms with van der Waals surface area (Å²) >= 11 is 0. The zero-order valence-electron chi connectivity index (χ0n) is 15.2. The number of methoxy groups -OCH3 is 1. The number of aromatic amines is 1. The molecule has 142 valence electrons. The van der Waals surface area contributed by atoms with Crippen molar-refractivity contribution < 1.29 is 14.1 Å². The zero-order valence-corrected chi connectivity index (χ0v) is 15.2. The summed E-state index contributed by atoms with van der Waals surface area (Å²) in [7, 11) is 1.58. The van der Waals surface area contributed by atoms with Crippen molar-refractivity contribution in [3.8, 4) is 17.1 Å². The molecule has 0 aliphatic heterocycles. The highest BCUT2D eigenvalue weighted by Crippen LogP contribution is 2.27. The lowest BCUT2D eigenvalue weighted by atomic mass is 10.1. The Morgan fingerprint density at radius 1 is 1.33 bits per heavy atom. The maximum absolute atomic E-state index is 11.8. The van der Waals surface area contributed by atoms with Crippen molar-refractivity contribution in [3.63, 3.8) is 0 Å². The summed E-state index contributed by atoms with van der Waals surface area (Å²) in [5, 5.41) is 3.65. The number of nitrogens with zero attached hydrogens (tertiary/aromatic N) is 3. The third-order valence-corrected chi connectivity index (χ3v) is 4.33. The lowest BCUT2D eigenvalue weighted by Gasteiger charge is -2.08. The van der Waals surface area contributed by atoms with E-state index < -0.39 is 0 Å². The number of hydrogen-bond acceptors (Lipinski definition) is 7. The van der Waals surface area contributed by atoms with Gasteiger partial charge >= 0.3 is 0 Å². The summed E-state index contributed by atoms with van der Waals surface area (Å²) in [5.74, 6) is 1.27. The molecule has 0 aliphatic rings. The monoisotopic (exact) mass is 369 g/mol. The van der Waals surface area contributed by atoms with Crippen LogP contribution in [0.5, 0.6) is 5.88 Å². The first-order valence-corrected chi connectivity index (χ1v) is 8.93. The second-order valence-corrected chi connectivity index (χ2v) is 6.24. The van der Waals surface area contributed by atoms with Crippen LogP contribution in [0.4, 0.5) is 0 Å². The van der Waals surface area contributed by atoms with Gasteiger partial charge in [0.1, 0.15) is 17.8 Å². The quantitative estimate of drug-likeness (QED) is 0.415. The fourth-order valence-electron chi connectivity index (χ4n) is 2.86. The molecular formula is C19H23N5O3. The highest BCUT2D eigenvalue weighted by molar-refractivity contribution is 5.93. The minimum Gasteiger partial charge on any atom is -0.481 e. The molecule has 8 heteroatoms. The number of pyridine rings is 1. The molecule has 0 saturated carbocycles. The fourth-order valence-corrected chi connectivity index (χ4v) is 2.86. The number of aromatic nitrogens is 4. The summed E-state index contributed by atoms with van der Waals surface area (Å²) < 4.78 is 9.96. The van der Waals surface area contributed by atoms with Gasteiger partial charge in [0, 0.05) is 24.9 Å². The number of rotatable bonds is 10. The van der Waals surface area contributed by atoms with Crippen molar-refractivity contribution >= 4 is 5.78 Å². The van der Waals surface area contributed by atoms with Crippen LogP contribution in [-0.4, -0.2) is 33.0 Å². The number of Topliss-reactive ketones (excluding diaryl/α,β-unsaturated/α-hetero) is 1. The number of nitrogens with one attached hydrogen (secondary N) is 1. The van der Waals surface area contributed by atoms with Crippen molar-refractivity contribution in [3.05, 3.63) is 48.4 Å². The number of ether oxygens (including phenoxy) is 1. The zero-order chi connectivity index (χ0) is 19.1. The van der Waals surface area contributed by atoms with E-state index in [0.717, 1.165) is 42.8 Å². The van der Waals surface area contributed by atoms with Crippen molar-refractivity contribution in [1.29, 1.82) is 0 Å². The van der Waals surface area contributed by atoms with Crippen molar-refractivity contribution in [2.45, 2.75) is 38.1 Å². The number of imidazole rings is 1. The molecule has 3 heterocycles. The van der Waals surface area contributed by atoms with E-state index in [9.17, 15) is 4.79 Å². The van der Waals surface area contributed by atoms with Crippen LogP contribution < -0.4 is 10.5 Å². The molecular weight excluding hydrogens is 346 g/mol. The molecule has 0 aromatic carbocycles. The summed E-state index contributed by atoms with van der Waals surface area (Å²) in [6.45, 7) is 0. The van der Waals surface area contributed by atoms with Gasteiger partial charge in [-0.1, -0.05) is 18.0 Å². The molecule has 0 amide bonds. The van der Waals surface area contributed by atoms with Gasteiger partial charge in [0.05, 0.1) is 24.4 Å². The van der Waals surface area contributed by atoms with Crippen LogP contribution in [0.1, 0.15) is 54.5 Å². The second kappa shape index (κ2) is 9.09. The fraction of sp³-hybridized carbons (Fsp3) is 0.368. The molecule has 0 fully saturated rings. The normalized spacial score (nSPS) is 12.1.